The number of carbonyl (C=O) groups excluding carboxylic acids is 2. The first-order valence-electron chi connectivity index (χ1n) is 10.4. The molecule has 1 aromatic rings. The second-order valence-electron chi connectivity index (χ2n) is 9.85. The largest absolute Gasteiger partial charge is 0.507 e. The minimum atomic E-state index is -0.449. The van der Waals surface area contributed by atoms with Gasteiger partial charge in [-0.05, 0) is 49.9 Å². The molecule has 28 heavy (non-hydrogen) atoms. The Kier molecular flexibility index (Phi) is 4.29. The van der Waals surface area contributed by atoms with Crippen LogP contribution in [0.2, 0.25) is 0 Å². The van der Waals surface area contributed by atoms with Crippen molar-refractivity contribution in [1.82, 2.24) is 0 Å². The van der Waals surface area contributed by atoms with Gasteiger partial charge in [-0.25, -0.2) is 0 Å². The van der Waals surface area contributed by atoms with Crippen molar-refractivity contribution in [2.75, 3.05) is 0 Å². The lowest BCUT2D eigenvalue weighted by Crippen LogP contribution is -2.55. The Labute approximate surface area is 166 Å². The molecule has 0 radical (unpaired) electrons. The maximum atomic E-state index is 13.0. The molecule has 5 heteroatoms. The lowest BCUT2D eigenvalue weighted by atomic mass is 9.62. The van der Waals surface area contributed by atoms with E-state index in [0.717, 1.165) is 19.3 Å². The summed E-state index contributed by atoms with van der Waals surface area (Å²) in [5.41, 5.74) is -0.0900. The molecule has 2 N–H and O–H groups in total. The molecule has 3 aliphatic rings. The van der Waals surface area contributed by atoms with Crippen molar-refractivity contribution in [2.45, 2.75) is 71.8 Å². The number of aldehydes is 1. The summed E-state index contributed by atoms with van der Waals surface area (Å²) in [4.78, 5) is 24.5. The number of aromatic hydroxyl groups is 2. The van der Waals surface area contributed by atoms with E-state index in [9.17, 15) is 19.8 Å². The summed E-state index contributed by atoms with van der Waals surface area (Å²) in [7, 11) is 0. The van der Waals surface area contributed by atoms with E-state index in [2.05, 4.69) is 13.8 Å². The summed E-state index contributed by atoms with van der Waals surface area (Å²) < 4.78 is 6.67. The van der Waals surface area contributed by atoms with Crippen molar-refractivity contribution in [3.63, 3.8) is 0 Å². The van der Waals surface area contributed by atoms with Gasteiger partial charge in [0.1, 0.15) is 28.4 Å². The summed E-state index contributed by atoms with van der Waals surface area (Å²) in [5, 5.41) is 21.3. The molecule has 2 bridgehead atoms. The van der Waals surface area contributed by atoms with Crippen LogP contribution in [0.25, 0.3) is 0 Å². The zero-order valence-electron chi connectivity index (χ0n) is 17.2. The first-order valence-corrected chi connectivity index (χ1v) is 10.4. The van der Waals surface area contributed by atoms with Crippen molar-refractivity contribution in [1.29, 1.82) is 0 Å². The average molecular weight is 386 g/mol. The van der Waals surface area contributed by atoms with E-state index in [-0.39, 0.29) is 40.4 Å². The third-order valence-corrected chi connectivity index (χ3v) is 7.76. The molecule has 1 aromatic carbocycles. The van der Waals surface area contributed by atoms with Crippen molar-refractivity contribution in [2.24, 2.45) is 23.2 Å². The van der Waals surface area contributed by atoms with E-state index in [1.165, 1.54) is 6.42 Å². The SMILES string of the molecule is CC(C)CC(=O)c1c(O)c(C=O)c(O)c2c1O[C@]1(CC2)[C@@H]2CC[C@@H](C2)C1(C)C. The molecule has 0 amide bonds. The van der Waals surface area contributed by atoms with Crippen molar-refractivity contribution < 1.29 is 24.5 Å². The number of ketones is 1. The van der Waals surface area contributed by atoms with E-state index in [4.69, 9.17) is 4.74 Å². The second kappa shape index (κ2) is 6.23. The molecule has 1 spiro atoms. The minimum Gasteiger partial charge on any atom is -0.507 e. The highest BCUT2D eigenvalue weighted by molar-refractivity contribution is 6.05. The van der Waals surface area contributed by atoms with Gasteiger partial charge in [-0.1, -0.05) is 27.7 Å². The van der Waals surface area contributed by atoms with Gasteiger partial charge in [-0.3, -0.25) is 9.59 Å². The Morgan fingerprint density at radius 1 is 1.21 bits per heavy atom. The number of ether oxygens (including phenoxy) is 1. The topological polar surface area (TPSA) is 83.8 Å². The van der Waals surface area contributed by atoms with Crippen LogP contribution in [0.15, 0.2) is 0 Å². The van der Waals surface area contributed by atoms with Crippen molar-refractivity contribution in [3.05, 3.63) is 16.7 Å². The molecule has 2 fully saturated rings. The number of phenolic OH excluding ortho intramolecular Hbond substituents is 2. The number of fused-ring (bicyclic) bond motifs is 4. The highest BCUT2D eigenvalue weighted by atomic mass is 16.5. The molecular formula is C23H30O5. The third-order valence-electron chi connectivity index (χ3n) is 7.76. The van der Waals surface area contributed by atoms with E-state index in [0.29, 0.717) is 35.9 Å². The van der Waals surface area contributed by atoms with E-state index in [1.807, 2.05) is 13.8 Å². The minimum absolute atomic E-state index is 0.0411. The molecule has 1 heterocycles. The maximum Gasteiger partial charge on any atom is 0.170 e. The molecule has 2 aliphatic carbocycles. The molecule has 4 rings (SSSR count). The Hall–Kier alpha value is -2.04. The number of hydrogen-bond donors (Lipinski definition) is 2. The van der Waals surface area contributed by atoms with Crippen LogP contribution in [-0.2, 0) is 6.42 Å². The van der Waals surface area contributed by atoms with Crippen LogP contribution in [0.3, 0.4) is 0 Å². The highest BCUT2D eigenvalue weighted by Crippen LogP contribution is 2.66. The van der Waals surface area contributed by atoms with Crippen LogP contribution in [0.1, 0.15) is 86.1 Å². The van der Waals surface area contributed by atoms with Gasteiger partial charge in [-0.15, -0.1) is 0 Å². The number of phenols is 2. The summed E-state index contributed by atoms with van der Waals surface area (Å²) in [6.45, 7) is 8.36. The van der Waals surface area contributed by atoms with Gasteiger partial charge in [0.2, 0.25) is 0 Å². The summed E-state index contributed by atoms with van der Waals surface area (Å²) in [5.74, 6) is 0.471. The molecule has 152 valence electrons. The van der Waals surface area contributed by atoms with Crippen molar-refractivity contribution in [3.8, 4) is 17.2 Å². The monoisotopic (exact) mass is 386 g/mol. The lowest BCUT2D eigenvalue weighted by molar-refractivity contribution is -0.0976. The van der Waals surface area contributed by atoms with Crippen LogP contribution < -0.4 is 4.74 Å². The van der Waals surface area contributed by atoms with Gasteiger partial charge >= 0.3 is 0 Å². The van der Waals surface area contributed by atoms with Crippen LogP contribution in [0, 0.1) is 23.2 Å². The van der Waals surface area contributed by atoms with E-state index >= 15 is 0 Å². The van der Waals surface area contributed by atoms with E-state index < -0.39 is 11.4 Å². The first kappa shape index (κ1) is 19.3. The fourth-order valence-corrected chi connectivity index (χ4v) is 6.18. The molecule has 0 unspecified atom stereocenters. The second-order valence-corrected chi connectivity index (χ2v) is 9.85. The smallest absolute Gasteiger partial charge is 0.170 e. The van der Waals surface area contributed by atoms with Gasteiger partial charge in [0.05, 0.1) is 5.56 Å². The van der Waals surface area contributed by atoms with Gasteiger partial charge in [0.25, 0.3) is 0 Å². The average Bonchev–Trinajstić information content (AvgIpc) is 3.17. The standard InChI is InChI=1S/C23H30O5/c1-12(2)9-17(25)18-20(27)16(11-24)19(26)15-7-8-23(28-21(15)18)14-6-5-13(10-14)22(23,3)4/h11-14,26-27H,5-10H2,1-4H3/t13-,14+,23+/m0/s1. The van der Waals surface area contributed by atoms with Crippen LogP contribution in [0.5, 0.6) is 17.2 Å². The third kappa shape index (κ3) is 2.37. The van der Waals surface area contributed by atoms with Gasteiger partial charge < -0.3 is 14.9 Å². The van der Waals surface area contributed by atoms with Gasteiger partial charge in [-0.2, -0.15) is 0 Å². The predicted octanol–water partition coefficient (Wildman–Crippen LogP) is 4.66. The Bertz CT molecular complexity index is 853. The van der Waals surface area contributed by atoms with Gasteiger partial charge in [0, 0.05) is 17.4 Å². The highest BCUT2D eigenvalue weighted by Gasteiger charge is 2.65. The Morgan fingerprint density at radius 2 is 1.89 bits per heavy atom. The Balaban J connectivity index is 1.89. The molecule has 2 saturated carbocycles. The van der Waals surface area contributed by atoms with Crippen LogP contribution in [0.4, 0.5) is 0 Å². The number of rotatable bonds is 4. The molecule has 3 atom stereocenters. The molecule has 5 nitrogen and oxygen atoms in total. The quantitative estimate of drug-likeness (QED) is 0.581. The molecule has 0 aromatic heterocycles. The van der Waals surface area contributed by atoms with Crippen molar-refractivity contribution >= 4 is 12.1 Å². The van der Waals surface area contributed by atoms with E-state index in [1.54, 1.807) is 0 Å². The zero-order valence-corrected chi connectivity index (χ0v) is 17.2. The zero-order chi connectivity index (χ0) is 20.4. The summed E-state index contributed by atoms with van der Waals surface area (Å²) in [6.07, 6.45) is 5.40. The van der Waals surface area contributed by atoms with Gasteiger partial charge in [0.15, 0.2) is 12.1 Å². The fourth-order valence-electron chi connectivity index (χ4n) is 6.18. The number of benzene rings is 1. The number of Topliss-reactive ketones (excluding diaryl/α,β-unsaturated/α-hetero) is 1. The Morgan fingerprint density at radius 3 is 2.46 bits per heavy atom. The normalized spacial score (nSPS) is 29.8. The summed E-state index contributed by atoms with van der Waals surface area (Å²) in [6, 6.07) is 0. The summed E-state index contributed by atoms with van der Waals surface area (Å²) >= 11 is 0. The number of carbonyl (C=O) groups is 2. The molecule has 1 aliphatic heterocycles. The lowest BCUT2D eigenvalue weighted by Gasteiger charge is -2.52. The fraction of sp³-hybridized carbons (Fsp3) is 0.652. The number of hydrogen-bond acceptors (Lipinski definition) is 5. The van der Waals surface area contributed by atoms with Crippen LogP contribution >= 0.6 is 0 Å². The molecular weight excluding hydrogens is 356 g/mol. The van der Waals surface area contributed by atoms with Crippen LogP contribution in [-0.4, -0.2) is 27.9 Å². The predicted molar refractivity (Wildman–Crippen MR) is 105 cm³/mol. The maximum absolute atomic E-state index is 13.0. The first-order chi connectivity index (χ1) is 13.1. The molecule has 0 saturated heterocycles.